The Bertz CT molecular complexity index is 1360. The van der Waals surface area contributed by atoms with Gasteiger partial charge in [-0.15, -0.1) is 0 Å². The highest BCUT2D eigenvalue weighted by molar-refractivity contribution is 5.87. The SMILES string of the molecule is CCN(c1ccc2ccccc2c1)c1cc(-c2ccc(C[C@H](N)C(=O)O)cc2)nc(C(F)(F)F)n1. The molecule has 0 aliphatic rings. The van der Waals surface area contributed by atoms with E-state index in [9.17, 15) is 18.0 Å². The molecule has 3 aromatic carbocycles. The van der Waals surface area contributed by atoms with E-state index in [1.54, 1.807) is 29.2 Å². The third-order valence-corrected chi connectivity index (χ3v) is 5.63. The van der Waals surface area contributed by atoms with Crippen molar-refractivity contribution < 1.29 is 23.1 Å². The molecule has 180 valence electrons. The van der Waals surface area contributed by atoms with Gasteiger partial charge in [0.25, 0.3) is 0 Å². The van der Waals surface area contributed by atoms with E-state index in [0.717, 1.165) is 10.8 Å². The predicted molar refractivity (Wildman–Crippen MR) is 128 cm³/mol. The van der Waals surface area contributed by atoms with Gasteiger partial charge in [0.2, 0.25) is 5.82 Å². The van der Waals surface area contributed by atoms with Gasteiger partial charge in [0, 0.05) is 23.9 Å². The van der Waals surface area contributed by atoms with Crippen LogP contribution in [0.5, 0.6) is 0 Å². The van der Waals surface area contributed by atoms with Crippen LogP contribution in [0.25, 0.3) is 22.0 Å². The minimum atomic E-state index is -4.73. The largest absolute Gasteiger partial charge is 0.480 e. The lowest BCUT2D eigenvalue weighted by Crippen LogP contribution is -2.32. The van der Waals surface area contributed by atoms with Crippen molar-refractivity contribution in [3.05, 3.63) is 84.2 Å². The first-order valence-corrected chi connectivity index (χ1v) is 11.0. The molecule has 0 aliphatic heterocycles. The Labute approximate surface area is 199 Å². The number of carboxylic acids is 1. The van der Waals surface area contributed by atoms with Gasteiger partial charge < -0.3 is 15.7 Å². The summed E-state index contributed by atoms with van der Waals surface area (Å²) in [5, 5.41) is 11.0. The first-order chi connectivity index (χ1) is 16.7. The molecule has 0 spiro atoms. The highest BCUT2D eigenvalue weighted by atomic mass is 19.4. The molecule has 0 aliphatic carbocycles. The number of hydrogen-bond donors (Lipinski definition) is 2. The number of aliphatic carboxylic acids is 1. The van der Waals surface area contributed by atoms with Gasteiger partial charge in [-0.3, -0.25) is 4.79 Å². The van der Waals surface area contributed by atoms with Gasteiger partial charge in [0.1, 0.15) is 11.9 Å². The topological polar surface area (TPSA) is 92.3 Å². The number of alkyl halides is 3. The van der Waals surface area contributed by atoms with Crippen LogP contribution in [0.4, 0.5) is 24.7 Å². The molecule has 35 heavy (non-hydrogen) atoms. The Morgan fingerprint density at radius 2 is 1.69 bits per heavy atom. The van der Waals surface area contributed by atoms with E-state index < -0.39 is 24.0 Å². The maximum atomic E-state index is 13.7. The summed E-state index contributed by atoms with van der Waals surface area (Å²) < 4.78 is 41.1. The predicted octanol–water partition coefficient (Wildman–Crippen LogP) is 5.43. The molecule has 0 radical (unpaired) electrons. The highest BCUT2D eigenvalue weighted by Crippen LogP contribution is 2.34. The number of nitrogens with two attached hydrogens (primary N) is 1. The second-order valence-electron chi connectivity index (χ2n) is 8.05. The van der Waals surface area contributed by atoms with Crippen molar-refractivity contribution >= 4 is 28.2 Å². The fourth-order valence-corrected chi connectivity index (χ4v) is 3.82. The standard InChI is InChI=1S/C26H23F3N4O2/c1-2-33(20-12-11-17-5-3-4-6-19(17)14-20)23-15-22(31-25(32-23)26(27,28)29)18-9-7-16(8-10-18)13-21(30)24(34)35/h3-12,14-15,21H,2,13,30H2,1H3,(H,34,35)/t21-/m0/s1. The maximum absolute atomic E-state index is 13.7. The molecule has 0 unspecified atom stereocenters. The van der Waals surface area contributed by atoms with Crippen molar-refractivity contribution in [1.82, 2.24) is 9.97 Å². The molecule has 0 bridgehead atoms. The number of nitrogens with zero attached hydrogens (tertiary/aromatic N) is 3. The number of hydrogen-bond acceptors (Lipinski definition) is 5. The molecule has 0 fully saturated rings. The monoisotopic (exact) mass is 480 g/mol. The number of aromatic nitrogens is 2. The summed E-state index contributed by atoms with van der Waals surface area (Å²) in [7, 11) is 0. The Balaban J connectivity index is 1.75. The molecule has 1 aromatic heterocycles. The van der Waals surface area contributed by atoms with E-state index in [0.29, 0.717) is 23.4 Å². The van der Waals surface area contributed by atoms with Gasteiger partial charge in [0.15, 0.2) is 0 Å². The Morgan fingerprint density at radius 1 is 1.00 bits per heavy atom. The van der Waals surface area contributed by atoms with Gasteiger partial charge in [-0.25, -0.2) is 9.97 Å². The van der Waals surface area contributed by atoms with Crippen LogP contribution in [0.15, 0.2) is 72.8 Å². The summed E-state index contributed by atoms with van der Waals surface area (Å²) in [4.78, 5) is 20.3. The van der Waals surface area contributed by atoms with Crippen molar-refractivity contribution in [2.45, 2.75) is 25.6 Å². The lowest BCUT2D eigenvalue weighted by molar-refractivity contribution is -0.144. The van der Waals surface area contributed by atoms with Crippen LogP contribution in [0.1, 0.15) is 18.3 Å². The fourth-order valence-electron chi connectivity index (χ4n) is 3.82. The highest BCUT2D eigenvalue weighted by Gasteiger charge is 2.36. The summed E-state index contributed by atoms with van der Waals surface area (Å²) in [6.45, 7) is 2.23. The van der Waals surface area contributed by atoms with Gasteiger partial charge >= 0.3 is 12.1 Å². The second kappa shape index (κ2) is 9.71. The molecule has 4 rings (SSSR count). The lowest BCUT2D eigenvalue weighted by Gasteiger charge is -2.24. The van der Waals surface area contributed by atoms with Gasteiger partial charge in [-0.05, 0) is 41.8 Å². The molecule has 3 N–H and O–H groups in total. The molecule has 9 heteroatoms. The van der Waals surface area contributed by atoms with Crippen LogP contribution in [-0.4, -0.2) is 33.6 Å². The first kappa shape index (κ1) is 24.2. The summed E-state index contributed by atoms with van der Waals surface area (Å²) >= 11 is 0. The van der Waals surface area contributed by atoms with Crippen LogP contribution in [-0.2, 0) is 17.4 Å². The van der Waals surface area contributed by atoms with E-state index in [4.69, 9.17) is 10.8 Å². The van der Waals surface area contributed by atoms with E-state index in [2.05, 4.69) is 9.97 Å². The number of anilines is 2. The molecule has 1 heterocycles. The maximum Gasteiger partial charge on any atom is 0.451 e. The van der Waals surface area contributed by atoms with Crippen LogP contribution in [0, 0.1) is 0 Å². The Morgan fingerprint density at radius 3 is 2.31 bits per heavy atom. The Kier molecular flexibility index (Phi) is 6.70. The molecule has 6 nitrogen and oxygen atoms in total. The number of benzene rings is 3. The van der Waals surface area contributed by atoms with E-state index >= 15 is 0 Å². The van der Waals surface area contributed by atoms with Crippen LogP contribution in [0.2, 0.25) is 0 Å². The number of rotatable bonds is 7. The van der Waals surface area contributed by atoms with Gasteiger partial charge in [-0.2, -0.15) is 13.2 Å². The van der Waals surface area contributed by atoms with Crippen molar-refractivity contribution in [1.29, 1.82) is 0 Å². The number of fused-ring (bicyclic) bond motifs is 1. The quantitative estimate of drug-likeness (QED) is 0.367. The molecular weight excluding hydrogens is 457 g/mol. The minimum Gasteiger partial charge on any atom is -0.480 e. The lowest BCUT2D eigenvalue weighted by atomic mass is 10.0. The average molecular weight is 480 g/mol. The number of halogens is 3. The third kappa shape index (κ3) is 5.41. The van der Waals surface area contributed by atoms with Crippen molar-refractivity contribution in [3.8, 4) is 11.3 Å². The Hall–Kier alpha value is -3.98. The summed E-state index contributed by atoms with van der Waals surface area (Å²) in [5.74, 6) is -2.24. The molecule has 0 saturated carbocycles. The smallest absolute Gasteiger partial charge is 0.451 e. The summed E-state index contributed by atoms with van der Waals surface area (Å²) in [6.07, 6.45) is -4.63. The first-order valence-electron chi connectivity index (χ1n) is 11.0. The molecular formula is C26H23F3N4O2. The summed E-state index contributed by atoms with van der Waals surface area (Å²) in [5.41, 5.74) is 7.49. The molecule has 0 amide bonds. The van der Waals surface area contributed by atoms with Gasteiger partial charge in [-0.1, -0.05) is 54.6 Å². The zero-order valence-electron chi connectivity index (χ0n) is 18.8. The normalized spacial score (nSPS) is 12.5. The zero-order valence-corrected chi connectivity index (χ0v) is 18.8. The second-order valence-corrected chi connectivity index (χ2v) is 8.05. The molecule has 1 atom stereocenters. The minimum absolute atomic E-state index is 0.101. The van der Waals surface area contributed by atoms with E-state index in [-0.39, 0.29) is 17.9 Å². The molecule has 0 saturated heterocycles. The van der Waals surface area contributed by atoms with Crippen molar-refractivity contribution in [2.24, 2.45) is 5.73 Å². The third-order valence-electron chi connectivity index (χ3n) is 5.63. The number of carboxylic acid groups (broad SMARTS) is 1. The van der Waals surface area contributed by atoms with Crippen LogP contribution in [0.3, 0.4) is 0 Å². The number of carbonyl (C=O) groups is 1. The van der Waals surface area contributed by atoms with E-state index in [1.165, 1.54) is 6.07 Å². The van der Waals surface area contributed by atoms with Crippen molar-refractivity contribution in [3.63, 3.8) is 0 Å². The van der Waals surface area contributed by atoms with Crippen molar-refractivity contribution in [2.75, 3.05) is 11.4 Å². The van der Waals surface area contributed by atoms with Crippen LogP contribution < -0.4 is 10.6 Å². The molecule has 4 aromatic rings. The zero-order chi connectivity index (χ0) is 25.2. The summed E-state index contributed by atoms with van der Waals surface area (Å²) in [6, 6.07) is 20.3. The average Bonchev–Trinajstić information content (AvgIpc) is 2.84. The van der Waals surface area contributed by atoms with Crippen LogP contribution >= 0.6 is 0 Å². The fraction of sp³-hybridized carbons (Fsp3) is 0.192. The van der Waals surface area contributed by atoms with Gasteiger partial charge in [0.05, 0.1) is 5.69 Å². The van der Waals surface area contributed by atoms with E-state index in [1.807, 2.05) is 49.4 Å².